The van der Waals surface area contributed by atoms with Crippen LogP contribution in [0.25, 0.3) is 11.0 Å². The Kier molecular flexibility index (Phi) is 3.66. The lowest BCUT2D eigenvalue weighted by atomic mass is 10.3. The van der Waals surface area contributed by atoms with Gasteiger partial charge in [0.1, 0.15) is 0 Å². The van der Waals surface area contributed by atoms with Crippen molar-refractivity contribution in [3.05, 3.63) is 57.7 Å². The molecule has 3 aromatic rings. The van der Waals surface area contributed by atoms with Crippen molar-refractivity contribution >= 4 is 57.3 Å². The van der Waals surface area contributed by atoms with Gasteiger partial charge in [-0.15, -0.1) is 0 Å². The van der Waals surface area contributed by atoms with Crippen LogP contribution in [-0.2, 0) is 0 Å². The highest BCUT2D eigenvalue weighted by molar-refractivity contribution is 6.35. The number of halogens is 3. The lowest BCUT2D eigenvalue weighted by Crippen LogP contribution is -1.97. The molecular formula is C14H8Cl3N3. The van der Waals surface area contributed by atoms with Crippen molar-refractivity contribution in [3.8, 4) is 0 Å². The number of aromatic nitrogens is 2. The molecule has 2 aromatic carbocycles. The number of nitrogens with zero attached hydrogens (tertiary/aromatic N) is 2. The van der Waals surface area contributed by atoms with Crippen molar-refractivity contribution in [2.45, 2.75) is 0 Å². The molecule has 1 aromatic heterocycles. The topological polar surface area (TPSA) is 37.8 Å². The summed E-state index contributed by atoms with van der Waals surface area (Å²) in [6.07, 6.45) is 0. The molecule has 1 N–H and O–H groups in total. The van der Waals surface area contributed by atoms with E-state index < -0.39 is 0 Å². The Bertz CT molecular complexity index is 769. The maximum absolute atomic E-state index is 6.13. The molecule has 0 aliphatic carbocycles. The van der Waals surface area contributed by atoms with Gasteiger partial charge in [0.25, 0.3) is 0 Å². The average Bonchev–Trinajstić information content (AvgIpc) is 2.38. The summed E-state index contributed by atoms with van der Waals surface area (Å²) in [5.74, 6) is 0.462. The number of benzene rings is 2. The number of anilines is 2. The zero-order chi connectivity index (χ0) is 14.1. The molecule has 0 amide bonds. The van der Waals surface area contributed by atoms with Crippen LogP contribution < -0.4 is 5.32 Å². The van der Waals surface area contributed by atoms with Gasteiger partial charge in [0, 0.05) is 15.7 Å². The Balaban J connectivity index is 2.03. The molecule has 0 saturated carbocycles. The second-order valence-electron chi connectivity index (χ2n) is 4.13. The molecular weight excluding hydrogens is 317 g/mol. The van der Waals surface area contributed by atoms with Gasteiger partial charge in [0.2, 0.25) is 0 Å². The summed E-state index contributed by atoms with van der Waals surface area (Å²) in [6, 6.07) is 12.6. The van der Waals surface area contributed by atoms with Crippen LogP contribution in [0.3, 0.4) is 0 Å². The van der Waals surface area contributed by atoms with E-state index in [0.29, 0.717) is 26.7 Å². The fraction of sp³-hybridized carbons (Fsp3) is 0. The van der Waals surface area contributed by atoms with Crippen molar-refractivity contribution in [2.75, 3.05) is 5.32 Å². The SMILES string of the molecule is Clc1cc(Cl)cc(Nc2nc3ccccc3nc2Cl)c1. The molecule has 6 heteroatoms. The standard InChI is InChI=1S/C14H8Cl3N3/c15-8-5-9(16)7-10(6-8)18-14-13(17)19-11-3-1-2-4-12(11)20-14/h1-7H,(H,18,20). The first-order valence-corrected chi connectivity index (χ1v) is 6.90. The Labute approximate surface area is 130 Å². The lowest BCUT2D eigenvalue weighted by Gasteiger charge is -2.09. The summed E-state index contributed by atoms with van der Waals surface area (Å²) >= 11 is 18.0. The van der Waals surface area contributed by atoms with Crippen LogP contribution >= 0.6 is 34.8 Å². The third-order valence-electron chi connectivity index (χ3n) is 2.65. The first kappa shape index (κ1) is 13.4. The Morgan fingerprint density at radius 2 is 1.40 bits per heavy atom. The number of fused-ring (bicyclic) bond motifs is 1. The molecule has 0 spiro atoms. The fourth-order valence-corrected chi connectivity index (χ4v) is 2.53. The maximum Gasteiger partial charge on any atom is 0.172 e. The molecule has 20 heavy (non-hydrogen) atoms. The van der Waals surface area contributed by atoms with Gasteiger partial charge in [0.05, 0.1) is 11.0 Å². The Hall–Kier alpha value is -1.55. The monoisotopic (exact) mass is 323 g/mol. The van der Waals surface area contributed by atoms with Gasteiger partial charge >= 0.3 is 0 Å². The van der Waals surface area contributed by atoms with Gasteiger partial charge in [-0.05, 0) is 30.3 Å². The van der Waals surface area contributed by atoms with Crippen molar-refractivity contribution in [1.29, 1.82) is 0 Å². The van der Waals surface area contributed by atoms with Gasteiger partial charge in [-0.25, -0.2) is 9.97 Å². The molecule has 100 valence electrons. The van der Waals surface area contributed by atoms with Crippen molar-refractivity contribution in [3.63, 3.8) is 0 Å². The van der Waals surface area contributed by atoms with Gasteiger partial charge in [-0.1, -0.05) is 46.9 Å². The van der Waals surface area contributed by atoms with E-state index in [1.54, 1.807) is 18.2 Å². The molecule has 0 saturated heterocycles. The highest BCUT2D eigenvalue weighted by Crippen LogP contribution is 2.28. The van der Waals surface area contributed by atoms with Crippen LogP contribution in [0.5, 0.6) is 0 Å². The molecule has 0 bridgehead atoms. The number of nitrogens with one attached hydrogen (secondary N) is 1. The quantitative estimate of drug-likeness (QED) is 0.692. The summed E-state index contributed by atoms with van der Waals surface area (Å²) in [4.78, 5) is 8.73. The van der Waals surface area contributed by atoms with Crippen molar-refractivity contribution in [1.82, 2.24) is 9.97 Å². The second kappa shape index (κ2) is 5.44. The molecule has 1 heterocycles. The third-order valence-corrected chi connectivity index (χ3v) is 3.35. The van der Waals surface area contributed by atoms with Gasteiger partial charge in [-0.3, -0.25) is 0 Å². The Morgan fingerprint density at radius 3 is 2.05 bits per heavy atom. The van der Waals surface area contributed by atoms with Gasteiger partial charge in [-0.2, -0.15) is 0 Å². The fourth-order valence-electron chi connectivity index (χ4n) is 1.82. The lowest BCUT2D eigenvalue weighted by molar-refractivity contribution is 1.28. The van der Waals surface area contributed by atoms with Crippen LogP contribution in [-0.4, -0.2) is 9.97 Å². The molecule has 0 aliphatic rings. The highest BCUT2D eigenvalue weighted by atomic mass is 35.5. The molecule has 3 nitrogen and oxygen atoms in total. The number of hydrogen-bond acceptors (Lipinski definition) is 3. The zero-order valence-corrected chi connectivity index (χ0v) is 12.3. The van der Waals surface area contributed by atoms with E-state index in [1.165, 1.54) is 0 Å². The summed E-state index contributed by atoms with van der Waals surface area (Å²) < 4.78 is 0. The molecule has 0 unspecified atom stereocenters. The van der Waals surface area contributed by atoms with Crippen molar-refractivity contribution in [2.24, 2.45) is 0 Å². The normalized spacial score (nSPS) is 10.8. The van der Waals surface area contributed by atoms with E-state index in [-0.39, 0.29) is 0 Å². The van der Waals surface area contributed by atoms with Crippen LogP contribution in [0, 0.1) is 0 Å². The predicted octanol–water partition coefficient (Wildman–Crippen LogP) is 5.33. The third kappa shape index (κ3) is 2.80. The largest absolute Gasteiger partial charge is 0.338 e. The predicted molar refractivity (Wildman–Crippen MR) is 84.3 cm³/mol. The molecule has 0 atom stereocenters. The summed E-state index contributed by atoms with van der Waals surface area (Å²) in [6.45, 7) is 0. The van der Waals surface area contributed by atoms with Crippen LogP contribution in [0.2, 0.25) is 15.2 Å². The van der Waals surface area contributed by atoms with Gasteiger partial charge < -0.3 is 5.32 Å². The van der Waals surface area contributed by atoms with Crippen LogP contribution in [0.4, 0.5) is 11.5 Å². The number of hydrogen-bond donors (Lipinski definition) is 1. The first-order valence-electron chi connectivity index (χ1n) is 5.77. The molecule has 0 fully saturated rings. The number of para-hydroxylation sites is 2. The van der Waals surface area contributed by atoms with E-state index in [0.717, 1.165) is 11.0 Å². The summed E-state index contributed by atoms with van der Waals surface area (Å²) in [5, 5.41) is 4.43. The second-order valence-corrected chi connectivity index (χ2v) is 5.37. The van der Waals surface area contributed by atoms with E-state index in [1.807, 2.05) is 24.3 Å². The van der Waals surface area contributed by atoms with Crippen molar-refractivity contribution < 1.29 is 0 Å². The van der Waals surface area contributed by atoms with Crippen LogP contribution in [0.15, 0.2) is 42.5 Å². The van der Waals surface area contributed by atoms with E-state index in [4.69, 9.17) is 34.8 Å². The minimum Gasteiger partial charge on any atom is -0.338 e. The summed E-state index contributed by atoms with van der Waals surface area (Å²) in [5.41, 5.74) is 2.20. The molecule has 0 radical (unpaired) electrons. The van der Waals surface area contributed by atoms with Crippen LogP contribution in [0.1, 0.15) is 0 Å². The number of rotatable bonds is 2. The minimum absolute atomic E-state index is 0.291. The Morgan fingerprint density at radius 1 is 0.800 bits per heavy atom. The molecule has 0 aliphatic heterocycles. The smallest absolute Gasteiger partial charge is 0.172 e. The zero-order valence-electron chi connectivity index (χ0n) is 10.1. The van der Waals surface area contributed by atoms with E-state index in [2.05, 4.69) is 15.3 Å². The highest BCUT2D eigenvalue weighted by Gasteiger charge is 2.07. The van der Waals surface area contributed by atoms with E-state index >= 15 is 0 Å². The minimum atomic E-state index is 0.291. The first-order chi connectivity index (χ1) is 9.61. The summed E-state index contributed by atoms with van der Waals surface area (Å²) in [7, 11) is 0. The molecule has 3 rings (SSSR count). The van der Waals surface area contributed by atoms with Gasteiger partial charge in [0.15, 0.2) is 11.0 Å². The van der Waals surface area contributed by atoms with E-state index in [9.17, 15) is 0 Å². The average molecular weight is 325 g/mol. The maximum atomic E-state index is 6.13.